The van der Waals surface area contributed by atoms with E-state index >= 15 is 0 Å². The number of hydrogen-bond donors (Lipinski definition) is 2. The number of amides is 2. The average Bonchev–Trinajstić information content (AvgIpc) is 2.56. The second-order valence-corrected chi connectivity index (χ2v) is 8.01. The molecule has 2 aromatic carbocycles. The van der Waals surface area contributed by atoms with Crippen molar-refractivity contribution in [2.45, 2.75) is 13.8 Å². The van der Waals surface area contributed by atoms with Gasteiger partial charge >= 0.3 is 157 Å². The van der Waals surface area contributed by atoms with Gasteiger partial charge in [-0.1, -0.05) is 0 Å². The standard InChI is InChI=1S/C18H20IN2O4/c1-11(22)20-17-9-13(24-3)5-7-15(17)19-16-8-6-14(25-4)10-18(16)21-12(2)23/h5-10H,1-4H3,(H,20,22)(H,21,23)/q-1. The molecule has 0 saturated carbocycles. The quantitative estimate of drug-likeness (QED) is 0.590. The summed E-state index contributed by atoms with van der Waals surface area (Å²) in [5.41, 5.74) is 1.45. The summed E-state index contributed by atoms with van der Waals surface area (Å²) in [5, 5.41) is 5.70. The van der Waals surface area contributed by atoms with Gasteiger partial charge in [-0.25, -0.2) is 0 Å². The van der Waals surface area contributed by atoms with Crippen molar-refractivity contribution in [2.75, 3.05) is 24.9 Å². The monoisotopic (exact) mass is 455 g/mol. The minimum atomic E-state index is -0.655. The summed E-state index contributed by atoms with van der Waals surface area (Å²) >= 11 is -0.655. The molecular weight excluding hydrogens is 435 g/mol. The third kappa shape index (κ3) is 5.35. The van der Waals surface area contributed by atoms with Gasteiger partial charge in [-0.3, -0.25) is 0 Å². The van der Waals surface area contributed by atoms with Gasteiger partial charge in [-0.15, -0.1) is 0 Å². The molecule has 134 valence electrons. The van der Waals surface area contributed by atoms with Gasteiger partial charge in [0.15, 0.2) is 0 Å². The van der Waals surface area contributed by atoms with Crippen LogP contribution in [0.2, 0.25) is 0 Å². The van der Waals surface area contributed by atoms with E-state index in [1.165, 1.54) is 13.8 Å². The first-order chi connectivity index (χ1) is 11.9. The van der Waals surface area contributed by atoms with Crippen LogP contribution in [0.15, 0.2) is 36.4 Å². The van der Waals surface area contributed by atoms with E-state index in [2.05, 4.69) is 10.6 Å². The Balaban J connectivity index is 2.41. The zero-order valence-corrected chi connectivity index (χ0v) is 16.6. The van der Waals surface area contributed by atoms with E-state index in [4.69, 9.17) is 9.47 Å². The van der Waals surface area contributed by atoms with Crippen LogP contribution >= 0.6 is 0 Å². The number of ether oxygens (including phenoxy) is 2. The van der Waals surface area contributed by atoms with Gasteiger partial charge in [0.1, 0.15) is 0 Å². The third-order valence-corrected chi connectivity index (χ3v) is 6.22. The zero-order valence-electron chi connectivity index (χ0n) is 14.5. The van der Waals surface area contributed by atoms with E-state index in [1.807, 2.05) is 24.3 Å². The van der Waals surface area contributed by atoms with Crippen molar-refractivity contribution >= 4 is 23.2 Å². The first-order valence-electron chi connectivity index (χ1n) is 7.49. The topological polar surface area (TPSA) is 76.7 Å². The SMILES string of the molecule is COc1ccc([I-]c2ccc(OC)cc2NC(C)=O)c(NC(C)=O)c1. The summed E-state index contributed by atoms with van der Waals surface area (Å²) in [6, 6.07) is 11.2. The van der Waals surface area contributed by atoms with E-state index in [-0.39, 0.29) is 11.8 Å². The molecule has 0 bridgehead atoms. The molecule has 0 unspecified atom stereocenters. The Labute approximate surface area is 157 Å². The molecule has 2 aromatic rings. The predicted molar refractivity (Wildman–Crippen MR) is 92.0 cm³/mol. The van der Waals surface area contributed by atoms with Gasteiger partial charge in [0.25, 0.3) is 0 Å². The molecule has 7 heteroatoms. The molecule has 0 saturated heterocycles. The molecule has 6 nitrogen and oxygen atoms in total. The van der Waals surface area contributed by atoms with E-state index in [9.17, 15) is 9.59 Å². The summed E-state index contributed by atoms with van der Waals surface area (Å²) in [6.07, 6.45) is 0. The first kappa shape index (κ1) is 19.0. The summed E-state index contributed by atoms with van der Waals surface area (Å²) in [7, 11) is 3.17. The summed E-state index contributed by atoms with van der Waals surface area (Å²) in [4.78, 5) is 23.0. The number of carbonyl (C=O) groups excluding carboxylic acids is 2. The second-order valence-electron chi connectivity index (χ2n) is 5.15. The van der Waals surface area contributed by atoms with Crippen LogP contribution in [0.5, 0.6) is 11.5 Å². The Kier molecular flexibility index (Phi) is 6.63. The van der Waals surface area contributed by atoms with Gasteiger partial charge in [0.05, 0.1) is 0 Å². The van der Waals surface area contributed by atoms with Gasteiger partial charge in [0, 0.05) is 0 Å². The van der Waals surface area contributed by atoms with Crippen LogP contribution in [0, 0.1) is 7.14 Å². The molecule has 0 atom stereocenters. The van der Waals surface area contributed by atoms with Crippen molar-refractivity contribution in [1.82, 2.24) is 0 Å². The molecule has 0 aliphatic carbocycles. The number of nitrogens with one attached hydrogen (secondary N) is 2. The zero-order chi connectivity index (χ0) is 18.4. The van der Waals surface area contributed by atoms with Gasteiger partial charge in [0.2, 0.25) is 0 Å². The van der Waals surface area contributed by atoms with Gasteiger partial charge in [-0.2, -0.15) is 0 Å². The molecule has 0 spiro atoms. The van der Waals surface area contributed by atoms with Crippen molar-refractivity contribution in [2.24, 2.45) is 0 Å². The van der Waals surface area contributed by atoms with Crippen LogP contribution in [0.1, 0.15) is 13.8 Å². The Morgan fingerprint density at radius 3 is 1.52 bits per heavy atom. The molecule has 0 aromatic heterocycles. The number of rotatable bonds is 6. The number of carbonyl (C=O) groups is 2. The maximum absolute atomic E-state index is 11.5. The Morgan fingerprint density at radius 1 is 0.800 bits per heavy atom. The van der Waals surface area contributed by atoms with Crippen LogP contribution in [0.25, 0.3) is 0 Å². The number of methoxy groups -OCH3 is 2. The average molecular weight is 455 g/mol. The number of anilines is 2. The van der Waals surface area contributed by atoms with Crippen molar-refractivity contribution in [3.8, 4) is 11.5 Å². The Bertz CT molecular complexity index is 727. The second kappa shape index (κ2) is 8.70. The van der Waals surface area contributed by atoms with Crippen LogP contribution in [0.4, 0.5) is 11.4 Å². The minimum absolute atomic E-state index is 0.143. The molecular formula is C18H20IN2O4-. The summed E-state index contributed by atoms with van der Waals surface area (Å²) < 4.78 is 12.5. The molecule has 25 heavy (non-hydrogen) atoms. The van der Waals surface area contributed by atoms with Crippen LogP contribution < -0.4 is 41.3 Å². The van der Waals surface area contributed by atoms with E-state index in [1.54, 1.807) is 26.4 Å². The van der Waals surface area contributed by atoms with Crippen LogP contribution in [-0.4, -0.2) is 26.0 Å². The number of halogens is 1. The van der Waals surface area contributed by atoms with E-state index < -0.39 is 21.2 Å². The normalized spacial score (nSPS) is 10.2. The molecule has 0 aliphatic rings. The Morgan fingerprint density at radius 2 is 1.20 bits per heavy atom. The summed E-state index contributed by atoms with van der Waals surface area (Å²) in [5.74, 6) is 1.06. The van der Waals surface area contributed by atoms with Crippen molar-refractivity contribution < 1.29 is 40.3 Å². The number of benzene rings is 2. The van der Waals surface area contributed by atoms with Gasteiger partial charge in [-0.05, 0) is 0 Å². The van der Waals surface area contributed by atoms with Gasteiger partial charge < -0.3 is 0 Å². The molecule has 2 rings (SSSR count). The van der Waals surface area contributed by atoms with Crippen molar-refractivity contribution in [1.29, 1.82) is 0 Å². The fourth-order valence-corrected chi connectivity index (χ4v) is 4.62. The maximum atomic E-state index is 11.5. The molecule has 0 fully saturated rings. The van der Waals surface area contributed by atoms with Crippen LogP contribution in [-0.2, 0) is 9.59 Å². The molecule has 2 N–H and O–H groups in total. The molecule has 0 aliphatic heterocycles. The third-order valence-electron chi connectivity index (χ3n) is 3.17. The van der Waals surface area contributed by atoms with Crippen LogP contribution in [0.3, 0.4) is 0 Å². The summed E-state index contributed by atoms with van der Waals surface area (Å²) in [6.45, 7) is 2.94. The predicted octanol–water partition coefficient (Wildman–Crippen LogP) is -0.251. The Hall–Kier alpha value is -2.29. The molecule has 2 amide bonds. The number of hydrogen-bond acceptors (Lipinski definition) is 4. The fourth-order valence-electron chi connectivity index (χ4n) is 2.11. The van der Waals surface area contributed by atoms with Crippen molar-refractivity contribution in [3.05, 3.63) is 43.5 Å². The van der Waals surface area contributed by atoms with Crippen molar-refractivity contribution in [3.63, 3.8) is 0 Å². The molecule has 0 heterocycles. The fraction of sp³-hybridized carbons (Fsp3) is 0.222. The first-order valence-corrected chi connectivity index (χ1v) is 9.64. The van der Waals surface area contributed by atoms with E-state index in [0.717, 1.165) is 18.5 Å². The molecule has 0 radical (unpaired) electrons. The van der Waals surface area contributed by atoms with E-state index in [0.29, 0.717) is 11.5 Å².